The first kappa shape index (κ1) is 19.4. The average Bonchev–Trinajstić information content (AvgIpc) is 3.63. The second-order valence-corrected chi connectivity index (χ2v) is 8.45. The van der Waals surface area contributed by atoms with Crippen LogP contribution >= 0.6 is 0 Å². The Balaban J connectivity index is 1.47. The molecule has 6 nitrogen and oxygen atoms in total. The first-order chi connectivity index (χ1) is 15.0. The Morgan fingerprint density at radius 1 is 1.13 bits per heavy atom. The van der Waals surface area contributed by atoms with Crippen molar-refractivity contribution in [3.05, 3.63) is 70.8 Å². The van der Waals surface area contributed by atoms with E-state index in [2.05, 4.69) is 4.98 Å². The van der Waals surface area contributed by atoms with Gasteiger partial charge in [-0.2, -0.15) is 0 Å². The summed E-state index contributed by atoms with van der Waals surface area (Å²) in [5.74, 6) is 0.804. The van der Waals surface area contributed by atoms with E-state index < -0.39 is 0 Å². The van der Waals surface area contributed by atoms with Gasteiger partial charge in [0, 0.05) is 43.4 Å². The lowest BCUT2D eigenvalue weighted by Gasteiger charge is -2.17. The molecule has 0 spiro atoms. The highest BCUT2D eigenvalue weighted by Crippen LogP contribution is 2.32. The minimum absolute atomic E-state index is 0.0105. The third-order valence-electron chi connectivity index (χ3n) is 6.08. The summed E-state index contributed by atoms with van der Waals surface area (Å²) < 4.78 is 1.57. The molecule has 2 aromatic heterocycles. The number of hydrogen-bond acceptors (Lipinski definition) is 4. The fourth-order valence-corrected chi connectivity index (χ4v) is 3.89. The number of carbonyl (C=O) groups is 1. The van der Waals surface area contributed by atoms with Gasteiger partial charge in [0.2, 0.25) is 0 Å². The Bertz CT molecular complexity index is 1370. The van der Waals surface area contributed by atoms with Crippen LogP contribution < -0.4 is 5.56 Å². The third kappa shape index (κ3) is 3.81. The minimum atomic E-state index is -0.0254. The highest BCUT2D eigenvalue weighted by molar-refractivity contribution is 5.97. The van der Waals surface area contributed by atoms with Gasteiger partial charge in [-0.3, -0.25) is 14.6 Å². The monoisotopic (exact) mass is 412 g/mol. The molecule has 6 heteroatoms. The number of fused-ring (bicyclic) bond motifs is 2. The number of aromatic nitrogens is 3. The van der Waals surface area contributed by atoms with Crippen molar-refractivity contribution in [2.24, 2.45) is 13.0 Å². The largest absolute Gasteiger partial charge is 0.342 e. The van der Waals surface area contributed by atoms with Crippen LogP contribution in [0.1, 0.15) is 29.6 Å². The molecule has 0 unspecified atom stereocenters. The lowest BCUT2D eigenvalue weighted by Crippen LogP contribution is -2.28. The maximum Gasteiger partial charge on any atom is 0.258 e. The molecule has 1 amide bonds. The molecule has 1 saturated carbocycles. The predicted molar refractivity (Wildman–Crippen MR) is 122 cm³/mol. The summed E-state index contributed by atoms with van der Waals surface area (Å²) in [7, 11) is 3.60. The van der Waals surface area contributed by atoms with Gasteiger partial charge in [0.15, 0.2) is 0 Å². The molecule has 0 aliphatic heterocycles. The molecule has 1 aliphatic rings. The van der Waals surface area contributed by atoms with Crippen LogP contribution in [0.4, 0.5) is 0 Å². The lowest BCUT2D eigenvalue weighted by molar-refractivity contribution is 0.0791. The first-order valence-electron chi connectivity index (χ1n) is 10.6. The van der Waals surface area contributed by atoms with Crippen molar-refractivity contribution in [1.82, 2.24) is 19.4 Å². The van der Waals surface area contributed by atoms with Crippen LogP contribution in [0.2, 0.25) is 0 Å². The number of nitrogens with zero attached hydrogens (tertiary/aromatic N) is 4. The number of rotatable bonds is 5. The van der Waals surface area contributed by atoms with Gasteiger partial charge in [-0.05, 0) is 54.1 Å². The highest BCUT2D eigenvalue weighted by atomic mass is 16.2. The van der Waals surface area contributed by atoms with Crippen LogP contribution in [-0.2, 0) is 7.05 Å². The zero-order chi connectivity index (χ0) is 21.5. The van der Waals surface area contributed by atoms with Gasteiger partial charge in [-0.15, -0.1) is 0 Å². The Kier molecular flexibility index (Phi) is 4.77. The molecule has 4 aromatic rings. The maximum absolute atomic E-state index is 12.8. The van der Waals surface area contributed by atoms with Gasteiger partial charge in [0.25, 0.3) is 11.5 Å². The molecule has 2 aromatic carbocycles. The molecule has 1 fully saturated rings. The van der Waals surface area contributed by atoms with Crippen LogP contribution in [0.3, 0.4) is 0 Å². The van der Waals surface area contributed by atoms with E-state index in [0.717, 1.165) is 35.3 Å². The van der Waals surface area contributed by atoms with Crippen molar-refractivity contribution >= 4 is 27.7 Å². The fraction of sp³-hybridized carbons (Fsp3) is 0.280. The van der Waals surface area contributed by atoms with E-state index in [1.807, 2.05) is 49.5 Å². The van der Waals surface area contributed by atoms with Crippen molar-refractivity contribution < 1.29 is 4.79 Å². The van der Waals surface area contributed by atoms with Gasteiger partial charge >= 0.3 is 0 Å². The quantitative estimate of drug-likeness (QED) is 0.496. The van der Waals surface area contributed by atoms with Crippen LogP contribution in [0.25, 0.3) is 33.1 Å². The number of aryl methyl sites for hydroxylation is 1. The van der Waals surface area contributed by atoms with Gasteiger partial charge < -0.3 is 9.47 Å². The maximum atomic E-state index is 12.8. The van der Waals surface area contributed by atoms with Crippen LogP contribution in [0, 0.1) is 5.92 Å². The van der Waals surface area contributed by atoms with E-state index in [9.17, 15) is 9.59 Å². The molecular formula is C25H24N4O2. The number of carbonyl (C=O) groups excluding carboxylic acids is 1. The molecule has 2 heterocycles. The van der Waals surface area contributed by atoms with E-state index >= 15 is 0 Å². The summed E-state index contributed by atoms with van der Waals surface area (Å²) in [5.41, 5.74) is 3.62. The molecule has 156 valence electrons. The summed E-state index contributed by atoms with van der Waals surface area (Å²) in [5, 5.41) is 1.54. The standard InChI is InChI=1S/C25H24N4O2/c1-28(11-9-16-3-4-16)24(30)19-6-8-21-22(14-19)27-23(15-26-21)18-5-7-20-17(13-18)10-12-29(2)25(20)31/h5-8,10,12-16H,3-4,9,11H2,1-2H3. The third-order valence-corrected chi connectivity index (χ3v) is 6.08. The van der Waals surface area contributed by atoms with E-state index in [1.165, 1.54) is 12.8 Å². The van der Waals surface area contributed by atoms with E-state index in [-0.39, 0.29) is 11.5 Å². The number of hydrogen-bond donors (Lipinski definition) is 0. The fourth-order valence-electron chi connectivity index (χ4n) is 3.89. The molecule has 0 saturated heterocycles. The molecule has 5 rings (SSSR count). The Hall–Kier alpha value is -3.54. The zero-order valence-corrected chi connectivity index (χ0v) is 17.7. The minimum Gasteiger partial charge on any atom is -0.342 e. The second kappa shape index (κ2) is 7.61. The van der Waals surface area contributed by atoms with Gasteiger partial charge in [0.05, 0.1) is 22.9 Å². The summed E-state index contributed by atoms with van der Waals surface area (Å²) >= 11 is 0. The van der Waals surface area contributed by atoms with Crippen molar-refractivity contribution in [1.29, 1.82) is 0 Å². The molecule has 0 N–H and O–H groups in total. The van der Waals surface area contributed by atoms with E-state index in [1.54, 1.807) is 28.9 Å². The van der Waals surface area contributed by atoms with Crippen molar-refractivity contribution in [3.63, 3.8) is 0 Å². The molecular weight excluding hydrogens is 388 g/mol. The summed E-state index contributed by atoms with van der Waals surface area (Å²) in [6.07, 6.45) is 7.15. The van der Waals surface area contributed by atoms with Crippen LogP contribution in [0.5, 0.6) is 0 Å². The SMILES string of the molecule is CN(CCC1CC1)C(=O)c1ccc2ncc(-c3ccc4c(=O)n(C)ccc4c3)nc2c1. The average molecular weight is 412 g/mol. The van der Waals surface area contributed by atoms with Gasteiger partial charge in [-0.1, -0.05) is 18.9 Å². The van der Waals surface area contributed by atoms with Crippen LogP contribution in [-0.4, -0.2) is 38.9 Å². The number of benzene rings is 2. The predicted octanol–water partition coefficient (Wildman–Crippen LogP) is 4.02. The normalized spacial score (nSPS) is 13.6. The molecule has 0 atom stereocenters. The number of amides is 1. The van der Waals surface area contributed by atoms with Crippen molar-refractivity contribution in [2.75, 3.05) is 13.6 Å². The molecule has 0 bridgehead atoms. The molecule has 31 heavy (non-hydrogen) atoms. The zero-order valence-electron chi connectivity index (χ0n) is 17.7. The molecule has 0 radical (unpaired) electrons. The summed E-state index contributed by atoms with van der Waals surface area (Å²) in [6, 6.07) is 13.1. The summed E-state index contributed by atoms with van der Waals surface area (Å²) in [4.78, 5) is 36.2. The lowest BCUT2D eigenvalue weighted by atomic mass is 10.1. The Labute approximate surface area is 180 Å². The van der Waals surface area contributed by atoms with E-state index in [4.69, 9.17) is 4.98 Å². The summed E-state index contributed by atoms with van der Waals surface area (Å²) in [6.45, 7) is 0.782. The van der Waals surface area contributed by atoms with E-state index in [0.29, 0.717) is 22.2 Å². The number of pyridine rings is 1. The van der Waals surface area contributed by atoms with Gasteiger partial charge in [-0.25, -0.2) is 4.98 Å². The highest BCUT2D eigenvalue weighted by Gasteiger charge is 2.22. The van der Waals surface area contributed by atoms with Crippen molar-refractivity contribution in [2.45, 2.75) is 19.3 Å². The Morgan fingerprint density at radius 3 is 2.77 bits per heavy atom. The van der Waals surface area contributed by atoms with Crippen LogP contribution in [0.15, 0.2) is 59.7 Å². The Morgan fingerprint density at radius 2 is 1.97 bits per heavy atom. The molecule has 1 aliphatic carbocycles. The first-order valence-corrected chi connectivity index (χ1v) is 10.6. The smallest absolute Gasteiger partial charge is 0.258 e. The topological polar surface area (TPSA) is 68.1 Å². The van der Waals surface area contributed by atoms with Crippen molar-refractivity contribution in [3.8, 4) is 11.3 Å². The van der Waals surface area contributed by atoms with Gasteiger partial charge in [0.1, 0.15) is 0 Å². The second-order valence-electron chi connectivity index (χ2n) is 8.45.